The van der Waals surface area contributed by atoms with Crippen LogP contribution < -0.4 is 9.62 Å². The highest BCUT2D eigenvalue weighted by Gasteiger charge is 2.21. The van der Waals surface area contributed by atoms with Gasteiger partial charge in [-0.3, -0.25) is 9.10 Å². The molecule has 1 amide bonds. The molecular weight excluding hydrogens is 452 g/mol. The van der Waals surface area contributed by atoms with Gasteiger partial charge in [-0.25, -0.2) is 13.2 Å². The number of anilines is 2. The van der Waals surface area contributed by atoms with Gasteiger partial charge in [-0.15, -0.1) is 0 Å². The minimum Gasteiger partial charge on any atom is -0.465 e. The van der Waals surface area contributed by atoms with E-state index in [1.165, 1.54) is 38.4 Å². The van der Waals surface area contributed by atoms with E-state index < -0.39 is 16.0 Å². The fourth-order valence-corrected chi connectivity index (χ4v) is 4.31. The van der Waals surface area contributed by atoms with Crippen molar-refractivity contribution >= 4 is 44.9 Å². The average Bonchev–Trinajstić information content (AvgIpc) is 2.79. The Morgan fingerprint density at radius 1 is 0.969 bits per heavy atom. The molecular formula is C23H21ClN2O5S. The van der Waals surface area contributed by atoms with Crippen LogP contribution in [-0.2, 0) is 26.0 Å². The average molecular weight is 473 g/mol. The van der Waals surface area contributed by atoms with Crippen molar-refractivity contribution in [2.45, 2.75) is 11.3 Å². The molecule has 0 radical (unpaired) electrons. The number of carbonyl (C=O) groups excluding carboxylic acids is 2. The number of ether oxygens (including phenoxy) is 1. The van der Waals surface area contributed by atoms with Gasteiger partial charge in [0.25, 0.3) is 10.0 Å². The topological polar surface area (TPSA) is 92.8 Å². The highest BCUT2D eigenvalue weighted by Crippen LogP contribution is 2.24. The van der Waals surface area contributed by atoms with Crippen LogP contribution in [0.3, 0.4) is 0 Å². The second-order valence-corrected chi connectivity index (χ2v) is 9.26. The van der Waals surface area contributed by atoms with Gasteiger partial charge in [-0.05, 0) is 54.1 Å². The standard InChI is InChI=1S/C23H21ClN2O5S/c1-26(32(29,30)19-13-9-17(24)10-14-19)18-11-7-16(8-12-18)15-22(27)25-21-6-4-3-5-20(21)23(28)31-2/h3-14H,15H2,1-2H3,(H,25,27). The van der Waals surface area contributed by atoms with Crippen LogP contribution in [0.15, 0.2) is 77.7 Å². The van der Waals surface area contributed by atoms with E-state index in [1.807, 2.05) is 0 Å². The summed E-state index contributed by atoms with van der Waals surface area (Å²) in [4.78, 5) is 24.4. The SMILES string of the molecule is COC(=O)c1ccccc1NC(=O)Cc1ccc(N(C)S(=O)(=O)c2ccc(Cl)cc2)cc1. The van der Waals surface area contributed by atoms with Gasteiger partial charge in [-0.1, -0.05) is 35.9 Å². The van der Waals surface area contributed by atoms with Gasteiger partial charge in [0.15, 0.2) is 0 Å². The molecule has 7 nitrogen and oxygen atoms in total. The van der Waals surface area contributed by atoms with Crippen molar-refractivity contribution in [1.82, 2.24) is 0 Å². The number of nitrogens with zero attached hydrogens (tertiary/aromatic N) is 1. The lowest BCUT2D eigenvalue weighted by molar-refractivity contribution is -0.115. The van der Waals surface area contributed by atoms with Crippen molar-refractivity contribution in [2.75, 3.05) is 23.8 Å². The Kier molecular flexibility index (Phi) is 7.17. The third-order valence-corrected chi connectivity index (χ3v) is 6.79. The Hall–Kier alpha value is -3.36. The zero-order chi connectivity index (χ0) is 23.3. The van der Waals surface area contributed by atoms with Crippen LogP contribution in [0, 0.1) is 0 Å². The number of rotatable bonds is 7. The fraction of sp³-hybridized carbons (Fsp3) is 0.130. The van der Waals surface area contributed by atoms with Gasteiger partial charge in [0, 0.05) is 12.1 Å². The first-order valence-corrected chi connectivity index (χ1v) is 11.3. The first-order chi connectivity index (χ1) is 15.2. The first kappa shape index (κ1) is 23.3. The van der Waals surface area contributed by atoms with E-state index in [0.29, 0.717) is 22.0 Å². The van der Waals surface area contributed by atoms with Crippen LogP contribution in [0.25, 0.3) is 0 Å². The molecule has 3 aromatic carbocycles. The van der Waals surface area contributed by atoms with Crippen molar-refractivity contribution in [3.05, 3.63) is 88.9 Å². The molecule has 3 rings (SSSR count). The molecule has 166 valence electrons. The van der Waals surface area contributed by atoms with E-state index in [4.69, 9.17) is 16.3 Å². The van der Waals surface area contributed by atoms with Crippen molar-refractivity contribution in [3.8, 4) is 0 Å². The maximum Gasteiger partial charge on any atom is 0.339 e. The van der Waals surface area contributed by atoms with E-state index in [1.54, 1.807) is 48.5 Å². The Balaban J connectivity index is 1.70. The lowest BCUT2D eigenvalue weighted by Gasteiger charge is -2.20. The Labute approximate surface area is 191 Å². The summed E-state index contributed by atoms with van der Waals surface area (Å²) in [5.41, 5.74) is 1.74. The fourth-order valence-electron chi connectivity index (χ4n) is 2.99. The van der Waals surface area contributed by atoms with Crippen molar-refractivity contribution in [3.63, 3.8) is 0 Å². The van der Waals surface area contributed by atoms with Gasteiger partial charge >= 0.3 is 5.97 Å². The molecule has 0 fully saturated rings. The predicted octanol–water partition coefficient (Wildman–Crippen LogP) is 4.13. The van der Waals surface area contributed by atoms with Gasteiger partial charge < -0.3 is 10.1 Å². The van der Waals surface area contributed by atoms with E-state index in [2.05, 4.69) is 5.32 Å². The number of carbonyl (C=O) groups is 2. The van der Waals surface area contributed by atoms with Gasteiger partial charge in [0.05, 0.1) is 35.4 Å². The summed E-state index contributed by atoms with van der Waals surface area (Å²) in [6.45, 7) is 0. The summed E-state index contributed by atoms with van der Waals surface area (Å²) >= 11 is 5.84. The van der Waals surface area contributed by atoms with E-state index in [0.717, 1.165) is 4.31 Å². The molecule has 9 heteroatoms. The zero-order valence-corrected chi connectivity index (χ0v) is 19.0. The second kappa shape index (κ2) is 9.84. The maximum absolute atomic E-state index is 12.8. The van der Waals surface area contributed by atoms with Crippen LogP contribution >= 0.6 is 11.6 Å². The number of esters is 1. The number of hydrogen-bond acceptors (Lipinski definition) is 5. The molecule has 0 saturated carbocycles. The molecule has 0 aliphatic heterocycles. The third-order valence-electron chi connectivity index (χ3n) is 4.74. The Morgan fingerprint density at radius 3 is 2.22 bits per heavy atom. The number of nitrogens with one attached hydrogen (secondary N) is 1. The number of para-hydroxylation sites is 1. The highest BCUT2D eigenvalue weighted by molar-refractivity contribution is 7.92. The second-order valence-electron chi connectivity index (χ2n) is 6.86. The molecule has 0 saturated heterocycles. The molecule has 0 aliphatic carbocycles. The summed E-state index contributed by atoms with van der Waals surface area (Å²) in [6.07, 6.45) is 0.0451. The normalized spacial score (nSPS) is 11.0. The minimum atomic E-state index is -3.75. The smallest absolute Gasteiger partial charge is 0.339 e. The molecule has 0 bridgehead atoms. The molecule has 3 aromatic rings. The number of amides is 1. The molecule has 0 atom stereocenters. The van der Waals surface area contributed by atoms with Crippen LogP contribution in [0.1, 0.15) is 15.9 Å². The van der Waals surface area contributed by atoms with E-state index in [-0.39, 0.29) is 22.8 Å². The summed E-state index contributed by atoms with van der Waals surface area (Å²) in [7, 11) is -1.02. The quantitative estimate of drug-likeness (QED) is 0.522. The number of benzene rings is 3. The first-order valence-electron chi connectivity index (χ1n) is 9.53. The number of halogens is 1. The van der Waals surface area contributed by atoms with Crippen molar-refractivity contribution < 1.29 is 22.7 Å². The number of sulfonamides is 1. The summed E-state index contributed by atoms with van der Waals surface area (Å²) in [5.74, 6) is -0.869. The Bertz CT molecular complexity index is 1230. The van der Waals surface area contributed by atoms with Crippen LogP contribution in [0.5, 0.6) is 0 Å². The summed E-state index contributed by atoms with van der Waals surface area (Å²) < 4.78 is 31.5. The molecule has 0 aliphatic rings. The molecule has 0 unspecified atom stereocenters. The van der Waals surface area contributed by atoms with Gasteiger partial charge in [-0.2, -0.15) is 0 Å². The van der Waals surface area contributed by atoms with Crippen LogP contribution in [-0.4, -0.2) is 34.5 Å². The summed E-state index contributed by atoms with van der Waals surface area (Å²) in [6, 6.07) is 19.1. The molecule has 0 aromatic heterocycles. The highest BCUT2D eigenvalue weighted by atomic mass is 35.5. The molecule has 0 spiro atoms. The molecule has 1 N–H and O–H groups in total. The van der Waals surface area contributed by atoms with Crippen molar-refractivity contribution in [2.24, 2.45) is 0 Å². The Morgan fingerprint density at radius 2 is 1.59 bits per heavy atom. The largest absolute Gasteiger partial charge is 0.465 e. The van der Waals surface area contributed by atoms with Crippen LogP contribution in [0.4, 0.5) is 11.4 Å². The number of methoxy groups -OCH3 is 1. The van der Waals surface area contributed by atoms with E-state index >= 15 is 0 Å². The molecule has 0 heterocycles. The zero-order valence-electron chi connectivity index (χ0n) is 17.4. The van der Waals surface area contributed by atoms with Gasteiger partial charge in [0.2, 0.25) is 5.91 Å². The lowest BCUT2D eigenvalue weighted by Crippen LogP contribution is -2.26. The van der Waals surface area contributed by atoms with Crippen molar-refractivity contribution in [1.29, 1.82) is 0 Å². The maximum atomic E-state index is 12.8. The summed E-state index contributed by atoms with van der Waals surface area (Å²) in [5, 5.41) is 3.15. The predicted molar refractivity (Wildman–Crippen MR) is 124 cm³/mol. The van der Waals surface area contributed by atoms with Gasteiger partial charge in [0.1, 0.15) is 0 Å². The monoisotopic (exact) mass is 472 g/mol. The third kappa shape index (κ3) is 5.27. The number of hydrogen-bond donors (Lipinski definition) is 1. The van der Waals surface area contributed by atoms with E-state index in [9.17, 15) is 18.0 Å². The minimum absolute atomic E-state index is 0.0451. The van der Waals surface area contributed by atoms with Crippen LogP contribution in [0.2, 0.25) is 5.02 Å². The molecule has 32 heavy (non-hydrogen) atoms. The lowest BCUT2D eigenvalue weighted by atomic mass is 10.1.